The molecular formula is C14H18F2N2. The van der Waals surface area contributed by atoms with Gasteiger partial charge in [0.15, 0.2) is 5.82 Å². The number of hydrogen-bond acceptors (Lipinski definition) is 2. The van der Waals surface area contributed by atoms with Gasteiger partial charge in [-0.2, -0.15) is 0 Å². The van der Waals surface area contributed by atoms with Crippen molar-refractivity contribution in [3.05, 3.63) is 23.8 Å². The van der Waals surface area contributed by atoms with Gasteiger partial charge in [-0.25, -0.2) is 8.78 Å². The van der Waals surface area contributed by atoms with Crippen LogP contribution in [0.25, 0.3) is 0 Å². The molecule has 1 atom stereocenters. The Balaban J connectivity index is 1.79. The molecule has 1 unspecified atom stereocenters. The van der Waals surface area contributed by atoms with E-state index in [1.807, 2.05) is 0 Å². The number of benzene rings is 1. The fraction of sp³-hybridized carbons (Fsp3) is 0.571. The molecule has 1 aromatic carbocycles. The first-order chi connectivity index (χ1) is 8.74. The second kappa shape index (κ2) is 4.75. The van der Waals surface area contributed by atoms with E-state index in [-0.39, 0.29) is 0 Å². The van der Waals surface area contributed by atoms with Crippen molar-refractivity contribution in [2.75, 3.05) is 17.2 Å². The lowest BCUT2D eigenvalue weighted by Crippen LogP contribution is -2.40. The van der Waals surface area contributed by atoms with Gasteiger partial charge in [0.05, 0.1) is 11.4 Å². The average Bonchev–Trinajstić information content (AvgIpc) is 2.39. The summed E-state index contributed by atoms with van der Waals surface area (Å²) in [6, 6.07) is 2.59. The second-order valence-electron chi connectivity index (χ2n) is 5.34. The van der Waals surface area contributed by atoms with Crippen LogP contribution in [-0.4, -0.2) is 12.6 Å². The molecule has 0 bridgehead atoms. The van der Waals surface area contributed by atoms with E-state index >= 15 is 0 Å². The van der Waals surface area contributed by atoms with Gasteiger partial charge < -0.3 is 10.6 Å². The number of rotatable bonds is 1. The summed E-state index contributed by atoms with van der Waals surface area (Å²) in [6.07, 6.45) is 6.29. The summed E-state index contributed by atoms with van der Waals surface area (Å²) < 4.78 is 26.8. The predicted octanol–water partition coefficient (Wildman–Crippen LogP) is 3.75. The van der Waals surface area contributed by atoms with E-state index in [4.69, 9.17) is 0 Å². The molecule has 3 rings (SSSR count). The Bertz CT molecular complexity index is 442. The lowest BCUT2D eigenvalue weighted by atomic mass is 9.83. The highest BCUT2D eigenvalue weighted by Crippen LogP contribution is 2.35. The van der Waals surface area contributed by atoms with Crippen molar-refractivity contribution in [3.8, 4) is 0 Å². The molecule has 1 aromatic rings. The Kier molecular flexibility index (Phi) is 3.10. The molecule has 4 heteroatoms. The summed E-state index contributed by atoms with van der Waals surface area (Å²) in [7, 11) is 0. The van der Waals surface area contributed by atoms with Crippen molar-refractivity contribution in [1.29, 1.82) is 0 Å². The average molecular weight is 252 g/mol. The third kappa shape index (κ3) is 2.16. The molecule has 2 N–H and O–H groups in total. The monoisotopic (exact) mass is 252 g/mol. The quantitative estimate of drug-likeness (QED) is 0.795. The lowest BCUT2D eigenvalue weighted by molar-refractivity contribution is 0.321. The third-order valence-electron chi connectivity index (χ3n) is 4.11. The molecule has 1 aliphatic carbocycles. The zero-order chi connectivity index (χ0) is 12.5. The maximum Gasteiger partial charge on any atom is 0.151 e. The molecule has 0 amide bonds. The van der Waals surface area contributed by atoms with Gasteiger partial charge in [0.1, 0.15) is 5.82 Å². The van der Waals surface area contributed by atoms with Crippen LogP contribution in [0.2, 0.25) is 0 Å². The van der Waals surface area contributed by atoms with Gasteiger partial charge in [0.25, 0.3) is 0 Å². The minimum atomic E-state index is -0.523. The van der Waals surface area contributed by atoms with E-state index in [2.05, 4.69) is 10.6 Å². The van der Waals surface area contributed by atoms with Gasteiger partial charge in [-0.15, -0.1) is 0 Å². The molecule has 0 saturated heterocycles. The fourth-order valence-corrected chi connectivity index (χ4v) is 3.15. The van der Waals surface area contributed by atoms with E-state index in [9.17, 15) is 8.78 Å². The van der Waals surface area contributed by atoms with Crippen molar-refractivity contribution in [2.24, 2.45) is 5.92 Å². The topological polar surface area (TPSA) is 24.1 Å². The molecule has 2 nitrogen and oxygen atoms in total. The summed E-state index contributed by atoms with van der Waals surface area (Å²) in [6.45, 7) is 0.722. The van der Waals surface area contributed by atoms with E-state index in [1.165, 1.54) is 38.2 Å². The van der Waals surface area contributed by atoms with Crippen LogP contribution in [0.1, 0.15) is 32.1 Å². The highest BCUT2D eigenvalue weighted by Gasteiger charge is 2.28. The number of anilines is 2. The minimum Gasteiger partial charge on any atom is -0.379 e. The number of nitrogens with one attached hydrogen (secondary N) is 2. The van der Waals surface area contributed by atoms with Crippen LogP contribution in [0.4, 0.5) is 20.2 Å². The van der Waals surface area contributed by atoms with Crippen LogP contribution >= 0.6 is 0 Å². The van der Waals surface area contributed by atoms with E-state index in [0.29, 0.717) is 23.3 Å². The summed E-state index contributed by atoms with van der Waals surface area (Å²) >= 11 is 0. The normalized spacial score (nSPS) is 24.0. The fourth-order valence-electron chi connectivity index (χ4n) is 3.15. The first-order valence-corrected chi connectivity index (χ1v) is 6.73. The molecule has 0 aromatic heterocycles. The summed E-state index contributed by atoms with van der Waals surface area (Å²) in [5.41, 5.74) is 0.970. The van der Waals surface area contributed by atoms with Gasteiger partial charge >= 0.3 is 0 Å². The lowest BCUT2D eigenvalue weighted by Gasteiger charge is -2.36. The van der Waals surface area contributed by atoms with Crippen LogP contribution in [0.3, 0.4) is 0 Å². The smallest absolute Gasteiger partial charge is 0.151 e. The van der Waals surface area contributed by atoms with Crippen molar-refractivity contribution < 1.29 is 8.78 Å². The van der Waals surface area contributed by atoms with Crippen LogP contribution in [0, 0.1) is 17.6 Å². The third-order valence-corrected chi connectivity index (χ3v) is 4.11. The second-order valence-corrected chi connectivity index (χ2v) is 5.34. The van der Waals surface area contributed by atoms with Gasteiger partial charge in [0.2, 0.25) is 0 Å². The largest absolute Gasteiger partial charge is 0.379 e. The number of hydrogen-bond donors (Lipinski definition) is 2. The molecular weight excluding hydrogens is 234 g/mol. The summed E-state index contributed by atoms with van der Waals surface area (Å²) in [4.78, 5) is 0. The Hall–Kier alpha value is -1.32. The number of fused-ring (bicyclic) bond motifs is 1. The van der Waals surface area contributed by atoms with Crippen molar-refractivity contribution in [3.63, 3.8) is 0 Å². The Morgan fingerprint density at radius 3 is 2.61 bits per heavy atom. The van der Waals surface area contributed by atoms with E-state index < -0.39 is 11.6 Å². The highest BCUT2D eigenvalue weighted by molar-refractivity contribution is 5.72. The number of halogens is 2. The van der Waals surface area contributed by atoms with Crippen molar-refractivity contribution in [2.45, 2.75) is 38.1 Å². The summed E-state index contributed by atoms with van der Waals surface area (Å²) in [5, 5.41) is 6.41. The molecule has 1 aliphatic heterocycles. The van der Waals surface area contributed by atoms with Gasteiger partial charge in [-0.1, -0.05) is 19.3 Å². The molecule has 18 heavy (non-hydrogen) atoms. The zero-order valence-electron chi connectivity index (χ0n) is 10.3. The van der Waals surface area contributed by atoms with Crippen LogP contribution in [-0.2, 0) is 0 Å². The van der Waals surface area contributed by atoms with Crippen LogP contribution in [0.5, 0.6) is 0 Å². The molecule has 98 valence electrons. The first-order valence-electron chi connectivity index (χ1n) is 6.73. The summed E-state index contributed by atoms with van der Waals surface area (Å²) in [5.74, 6) is -0.421. The molecule has 1 heterocycles. The standard InChI is InChI=1S/C14H18F2N2/c15-10-6-11(16)14-12(7-10)18-13(8-17-14)9-4-2-1-3-5-9/h6-7,9,13,17-18H,1-5,8H2. The molecule has 0 radical (unpaired) electrons. The molecule has 1 fully saturated rings. The van der Waals surface area contributed by atoms with Gasteiger partial charge in [-0.05, 0) is 24.8 Å². The van der Waals surface area contributed by atoms with Crippen LogP contribution in [0.15, 0.2) is 12.1 Å². The van der Waals surface area contributed by atoms with E-state index in [0.717, 1.165) is 12.6 Å². The SMILES string of the molecule is Fc1cc(F)c2c(c1)NC(C1CCCCC1)CN2. The van der Waals surface area contributed by atoms with Crippen molar-refractivity contribution in [1.82, 2.24) is 0 Å². The maximum absolute atomic E-state index is 13.6. The Labute approximate surface area is 106 Å². The highest BCUT2D eigenvalue weighted by atomic mass is 19.1. The predicted molar refractivity (Wildman–Crippen MR) is 68.8 cm³/mol. The van der Waals surface area contributed by atoms with E-state index in [1.54, 1.807) is 0 Å². The maximum atomic E-state index is 13.6. The minimum absolute atomic E-state index is 0.291. The molecule has 1 saturated carbocycles. The Morgan fingerprint density at radius 2 is 1.83 bits per heavy atom. The molecule has 2 aliphatic rings. The first kappa shape index (κ1) is 11.8. The zero-order valence-corrected chi connectivity index (χ0v) is 10.3. The molecule has 0 spiro atoms. The Morgan fingerprint density at radius 1 is 1.06 bits per heavy atom. The van der Waals surface area contributed by atoms with Crippen molar-refractivity contribution >= 4 is 11.4 Å². The van der Waals surface area contributed by atoms with Gasteiger partial charge in [0, 0.05) is 18.7 Å². The van der Waals surface area contributed by atoms with Gasteiger partial charge in [-0.3, -0.25) is 0 Å². The van der Waals surface area contributed by atoms with Crippen LogP contribution < -0.4 is 10.6 Å².